The van der Waals surface area contributed by atoms with Crippen molar-refractivity contribution in [1.82, 2.24) is 14.5 Å². The second-order valence-corrected chi connectivity index (χ2v) is 7.39. The Balaban J connectivity index is 1.97. The normalized spacial score (nSPS) is 15.4. The number of hydrogen-bond donors (Lipinski definition) is 0. The Morgan fingerprint density at radius 3 is 2.41 bits per heavy atom. The van der Waals surface area contributed by atoms with E-state index >= 15 is 0 Å². The van der Waals surface area contributed by atoms with Gasteiger partial charge in [0.2, 0.25) is 0 Å². The van der Waals surface area contributed by atoms with E-state index in [9.17, 15) is 4.79 Å². The largest absolute Gasteiger partial charge is 0.368 e. The molecule has 2 heterocycles. The van der Waals surface area contributed by atoms with Gasteiger partial charge in [0.05, 0.1) is 33.2 Å². The fourth-order valence-electron chi connectivity index (χ4n) is 3.54. The molecule has 1 aliphatic heterocycles. The minimum Gasteiger partial charge on any atom is -0.368 e. The monoisotopic (exact) mass is 402 g/mol. The van der Waals surface area contributed by atoms with E-state index in [0.717, 1.165) is 31.9 Å². The molecule has 27 heavy (non-hydrogen) atoms. The summed E-state index contributed by atoms with van der Waals surface area (Å²) in [5.74, 6) is 0.604. The molecule has 0 radical (unpaired) electrons. The van der Waals surface area contributed by atoms with Crippen LogP contribution in [0.2, 0.25) is 5.02 Å². The summed E-state index contributed by atoms with van der Waals surface area (Å²) in [4.78, 5) is 22.8. The zero-order valence-corrected chi connectivity index (χ0v) is 16.5. The number of halogens is 2. The molecule has 0 unspecified atom stereocenters. The van der Waals surface area contributed by atoms with Gasteiger partial charge in [0.15, 0.2) is 0 Å². The third kappa shape index (κ3) is 3.31. The number of hydrogen-bond acceptors (Lipinski definition) is 4. The lowest BCUT2D eigenvalue weighted by molar-refractivity contribution is 0.313. The van der Waals surface area contributed by atoms with Crippen molar-refractivity contribution >= 4 is 39.8 Å². The quantitative estimate of drug-likeness (QED) is 0.628. The van der Waals surface area contributed by atoms with Gasteiger partial charge in [0.25, 0.3) is 5.56 Å². The van der Waals surface area contributed by atoms with E-state index in [1.807, 2.05) is 36.4 Å². The van der Waals surface area contributed by atoms with Crippen molar-refractivity contribution in [2.75, 3.05) is 38.1 Å². The number of nitrogens with zero attached hydrogens (tertiary/aromatic N) is 4. The number of likely N-dealkylation sites (N-methyl/N-ethyl adjacent to an activating group) is 1. The second-order valence-electron chi connectivity index (χ2n) is 6.72. The zero-order chi connectivity index (χ0) is 19.0. The molecule has 4 rings (SSSR count). The first-order valence-electron chi connectivity index (χ1n) is 8.89. The van der Waals surface area contributed by atoms with Crippen molar-refractivity contribution in [1.29, 1.82) is 0 Å². The average Bonchev–Trinajstić information content (AvgIpc) is 2.69. The topological polar surface area (TPSA) is 41.4 Å². The molecule has 0 saturated carbocycles. The molecule has 0 N–H and O–H groups in total. The maximum atomic E-state index is 13.6. The number of fused-ring (bicyclic) bond motifs is 1. The highest BCUT2D eigenvalue weighted by Crippen LogP contribution is 2.27. The van der Waals surface area contributed by atoms with Crippen molar-refractivity contribution in [2.24, 2.45) is 0 Å². The Bertz CT molecular complexity index is 1040. The number of aromatic nitrogens is 2. The predicted octanol–water partition coefficient (Wildman–Crippen LogP) is 3.53. The highest BCUT2D eigenvalue weighted by Gasteiger charge is 2.21. The van der Waals surface area contributed by atoms with Gasteiger partial charge in [0, 0.05) is 26.2 Å². The summed E-state index contributed by atoms with van der Waals surface area (Å²) in [6.07, 6.45) is 0. The summed E-state index contributed by atoms with van der Waals surface area (Å²) >= 11 is 12.5. The van der Waals surface area contributed by atoms with Gasteiger partial charge < -0.3 is 9.80 Å². The van der Waals surface area contributed by atoms with Crippen molar-refractivity contribution in [3.63, 3.8) is 0 Å². The van der Waals surface area contributed by atoms with Crippen LogP contribution in [0.4, 0.5) is 5.69 Å². The summed E-state index contributed by atoms with van der Waals surface area (Å²) in [7, 11) is 2.11. The van der Waals surface area contributed by atoms with Gasteiger partial charge in [-0.3, -0.25) is 9.36 Å². The summed E-state index contributed by atoms with van der Waals surface area (Å²) < 4.78 is 1.54. The molecule has 2 aromatic carbocycles. The number of anilines is 1. The Hall–Kier alpha value is -2.08. The van der Waals surface area contributed by atoms with Crippen LogP contribution in [0.5, 0.6) is 0 Å². The van der Waals surface area contributed by atoms with Gasteiger partial charge in [-0.25, -0.2) is 4.98 Å². The number of rotatable bonds is 3. The van der Waals surface area contributed by atoms with Crippen LogP contribution < -0.4 is 10.5 Å². The summed E-state index contributed by atoms with van der Waals surface area (Å²) in [5.41, 5.74) is 2.04. The van der Waals surface area contributed by atoms with E-state index in [-0.39, 0.29) is 11.4 Å². The fraction of sp³-hybridized carbons (Fsp3) is 0.300. The van der Waals surface area contributed by atoms with Crippen LogP contribution in [0.1, 0.15) is 5.82 Å². The Morgan fingerprint density at radius 1 is 1.00 bits per heavy atom. The number of alkyl halides is 1. The van der Waals surface area contributed by atoms with E-state index in [1.54, 1.807) is 6.07 Å². The molecule has 1 aliphatic rings. The van der Waals surface area contributed by atoms with Gasteiger partial charge in [-0.2, -0.15) is 0 Å². The van der Waals surface area contributed by atoms with Gasteiger partial charge >= 0.3 is 0 Å². The second kappa shape index (κ2) is 7.50. The molecule has 1 fully saturated rings. The van der Waals surface area contributed by atoms with E-state index < -0.39 is 0 Å². The first-order chi connectivity index (χ1) is 13.1. The number of para-hydroxylation sites is 1. The maximum Gasteiger partial charge on any atom is 0.268 e. The minimum atomic E-state index is -0.140. The van der Waals surface area contributed by atoms with Crippen molar-refractivity contribution in [3.05, 3.63) is 63.7 Å². The van der Waals surface area contributed by atoms with Gasteiger partial charge in [-0.15, -0.1) is 11.6 Å². The lowest BCUT2D eigenvalue weighted by atomic mass is 10.1. The number of piperazine rings is 1. The molecule has 3 aromatic rings. The first kappa shape index (κ1) is 18.3. The lowest BCUT2D eigenvalue weighted by Crippen LogP contribution is -2.45. The predicted molar refractivity (Wildman–Crippen MR) is 112 cm³/mol. The molecule has 5 nitrogen and oxygen atoms in total. The molecule has 0 spiro atoms. The molecule has 7 heteroatoms. The lowest BCUT2D eigenvalue weighted by Gasteiger charge is -2.34. The Kier molecular flexibility index (Phi) is 5.08. The van der Waals surface area contributed by atoms with Crippen molar-refractivity contribution in [2.45, 2.75) is 5.88 Å². The van der Waals surface area contributed by atoms with Crippen LogP contribution in [0.25, 0.3) is 16.6 Å². The Morgan fingerprint density at radius 2 is 1.70 bits per heavy atom. The molecule has 0 bridgehead atoms. The Labute approximate surface area is 167 Å². The SMILES string of the molecule is CN1CCN(c2cccc3nc(CCl)n(-c4ccccc4Cl)c(=O)c23)CC1. The van der Waals surface area contributed by atoms with Crippen molar-refractivity contribution < 1.29 is 0 Å². The van der Waals surface area contributed by atoms with E-state index in [0.29, 0.717) is 27.4 Å². The molecule has 140 valence electrons. The highest BCUT2D eigenvalue weighted by atomic mass is 35.5. The molecule has 1 saturated heterocycles. The molecule has 0 aliphatic carbocycles. The van der Waals surface area contributed by atoms with Crippen LogP contribution in [0.15, 0.2) is 47.3 Å². The van der Waals surface area contributed by atoms with Crippen LogP contribution in [0, 0.1) is 0 Å². The molecular formula is C20H20Cl2N4O. The third-order valence-corrected chi connectivity index (χ3v) is 5.56. The molecule has 0 amide bonds. The average molecular weight is 403 g/mol. The fourth-order valence-corrected chi connectivity index (χ4v) is 3.94. The standard InChI is InChI=1S/C20H20Cl2N4O/c1-24-9-11-25(12-10-24)17-8-4-6-15-19(17)20(27)26(18(13-21)23-15)16-7-3-2-5-14(16)22/h2-8H,9-13H2,1H3. The maximum absolute atomic E-state index is 13.6. The number of benzene rings is 2. The van der Waals surface area contributed by atoms with Crippen molar-refractivity contribution in [3.8, 4) is 5.69 Å². The highest BCUT2D eigenvalue weighted by molar-refractivity contribution is 6.32. The van der Waals surface area contributed by atoms with E-state index in [1.165, 1.54) is 4.57 Å². The van der Waals surface area contributed by atoms with Gasteiger partial charge in [-0.1, -0.05) is 29.8 Å². The summed E-state index contributed by atoms with van der Waals surface area (Å²) in [5, 5.41) is 1.10. The summed E-state index contributed by atoms with van der Waals surface area (Å²) in [6, 6.07) is 13.1. The smallest absolute Gasteiger partial charge is 0.268 e. The van der Waals surface area contributed by atoms with Gasteiger partial charge in [0.1, 0.15) is 5.82 Å². The first-order valence-corrected chi connectivity index (χ1v) is 9.80. The minimum absolute atomic E-state index is 0.120. The summed E-state index contributed by atoms with van der Waals surface area (Å²) in [6.45, 7) is 3.67. The van der Waals surface area contributed by atoms with E-state index in [2.05, 4.69) is 21.8 Å². The van der Waals surface area contributed by atoms with Crippen LogP contribution in [-0.4, -0.2) is 47.7 Å². The van der Waals surface area contributed by atoms with Gasteiger partial charge in [-0.05, 0) is 31.3 Å². The van der Waals surface area contributed by atoms with Crippen LogP contribution in [-0.2, 0) is 5.88 Å². The third-order valence-electron chi connectivity index (χ3n) is 5.00. The van der Waals surface area contributed by atoms with Crippen LogP contribution >= 0.6 is 23.2 Å². The zero-order valence-electron chi connectivity index (χ0n) is 15.0. The van der Waals surface area contributed by atoms with E-state index in [4.69, 9.17) is 23.2 Å². The molecule has 1 aromatic heterocycles. The van der Waals surface area contributed by atoms with Crippen LogP contribution in [0.3, 0.4) is 0 Å². The molecule has 0 atom stereocenters. The molecular weight excluding hydrogens is 383 g/mol.